The minimum absolute atomic E-state index is 0.0732. The van der Waals surface area contributed by atoms with Crippen LogP contribution in [-0.4, -0.2) is 82.2 Å². The van der Waals surface area contributed by atoms with Gasteiger partial charge in [0.1, 0.15) is 29.9 Å². The minimum Gasteiger partial charge on any atom is -0.508 e. The van der Waals surface area contributed by atoms with E-state index in [9.17, 15) is 39.0 Å². The number of primary amides is 1. The number of phenols is 1. The Morgan fingerprint density at radius 2 is 1.23 bits per heavy atom. The second-order valence-corrected chi connectivity index (χ2v) is 11.3. The third-order valence-corrected chi connectivity index (χ3v) is 7.58. The third kappa shape index (κ3) is 14.6. The summed E-state index contributed by atoms with van der Waals surface area (Å²) in [6.07, 6.45) is 1.49. The summed E-state index contributed by atoms with van der Waals surface area (Å²) in [7, 11) is 0. The number of phenolic OH excluding ortho intramolecular Hbond substituents is 1. The average Bonchev–Trinajstić information content (AvgIpc) is 3.04. The molecule has 2 aromatic carbocycles. The number of carbonyl (C=O) groups is 6. The third-order valence-electron chi connectivity index (χ3n) is 7.22. The van der Waals surface area contributed by atoms with Gasteiger partial charge in [0.05, 0.1) is 6.42 Å². The molecule has 0 aliphatic heterocycles. The molecule has 0 saturated carbocycles. The molecule has 47 heavy (non-hydrogen) atoms. The highest BCUT2D eigenvalue weighted by molar-refractivity contribution is 7.80. The number of carboxylic acids is 1. The summed E-state index contributed by atoms with van der Waals surface area (Å²) in [6, 6.07) is 10.4. The first kappa shape index (κ1) is 38.6. The Kier molecular flexibility index (Phi) is 16.8. The summed E-state index contributed by atoms with van der Waals surface area (Å²) in [5.41, 5.74) is 12.7. The van der Waals surface area contributed by atoms with Crippen molar-refractivity contribution in [3.63, 3.8) is 0 Å². The number of aromatic hydroxyl groups is 1. The lowest BCUT2D eigenvalue weighted by molar-refractivity contribution is -0.141. The molecule has 0 aliphatic carbocycles. The van der Waals surface area contributed by atoms with Crippen LogP contribution in [0.5, 0.6) is 5.75 Å². The van der Waals surface area contributed by atoms with Gasteiger partial charge < -0.3 is 42.9 Å². The highest BCUT2D eigenvalue weighted by atomic mass is 32.1. The molecule has 0 fully saturated rings. The van der Waals surface area contributed by atoms with Gasteiger partial charge in [0.2, 0.25) is 29.5 Å². The Morgan fingerprint density at radius 3 is 1.81 bits per heavy atom. The summed E-state index contributed by atoms with van der Waals surface area (Å²) in [6.45, 7) is 0.408. The fourth-order valence-corrected chi connectivity index (χ4v) is 4.83. The van der Waals surface area contributed by atoms with Crippen LogP contribution in [-0.2, 0) is 41.6 Å². The van der Waals surface area contributed by atoms with E-state index in [2.05, 4.69) is 33.9 Å². The lowest BCUT2D eigenvalue weighted by atomic mass is 10.0. The van der Waals surface area contributed by atoms with Gasteiger partial charge in [-0.1, -0.05) is 42.5 Å². The smallest absolute Gasteiger partial charge is 0.305 e. The van der Waals surface area contributed by atoms with Gasteiger partial charge in [0.15, 0.2) is 0 Å². The molecule has 2 rings (SSSR count). The van der Waals surface area contributed by atoms with Gasteiger partial charge in [-0.05, 0) is 68.3 Å². The van der Waals surface area contributed by atoms with Crippen molar-refractivity contribution in [3.8, 4) is 5.75 Å². The Balaban J connectivity index is 2.11. The van der Waals surface area contributed by atoms with Gasteiger partial charge >= 0.3 is 5.97 Å². The van der Waals surface area contributed by atoms with E-state index in [0.717, 1.165) is 11.1 Å². The van der Waals surface area contributed by atoms with Gasteiger partial charge in [-0.2, -0.15) is 12.6 Å². The lowest BCUT2D eigenvalue weighted by Crippen LogP contribution is -2.59. The second kappa shape index (κ2) is 20.5. The standard InChI is InChI=1S/C32H44N6O8S/c33-17-5-4-8-27(40)35-24(16-12-20-6-2-1-3-7-20)30(44)37-25(18-28(41)42)31(45)38-26(19-47)32(46)36-23(29(34)43)15-11-21-9-13-22(39)14-10-21/h1-3,6-7,9-10,13-14,23-26,39,47H,4-5,8,11-12,15-19,33H2,(H2,34,43)(H,35,40)(H,36,46)(H,37,44)(H,38,45)(H,41,42)/t23-,24-,25-,26-/m0/s1. The number of hydrogen-bond donors (Lipinski definition) is 9. The average molecular weight is 673 g/mol. The van der Waals surface area contributed by atoms with Crippen LogP contribution in [0.2, 0.25) is 0 Å². The summed E-state index contributed by atoms with van der Waals surface area (Å²) in [5, 5.41) is 28.9. The van der Waals surface area contributed by atoms with Crippen LogP contribution < -0.4 is 32.7 Å². The first-order valence-electron chi connectivity index (χ1n) is 15.3. The summed E-state index contributed by atoms with van der Waals surface area (Å²) < 4.78 is 0. The molecular weight excluding hydrogens is 628 g/mol. The van der Waals surface area contributed by atoms with Crippen molar-refractivity contribution >= 4 is 48.1 Å². The second-order valence-electron chi connectivity index (χ2n) is 11.0. The molecule has 0 aliphatic rings. The van der Waals surface area contributed by atoms with Crippen LogP contribution in [0, 0.1) is 0 Å². The number of benzene rings is 2. The predicted octanol–water partition coefficient (Wildman–Crippen LogP) is -0.0844. The molecular formula is C32H44N6O8S. The van der Waals surface area contributed by atoms with Crippen LogP contribution in [0.15, 0.2) is 54.6 Å². The zero-order chi connectivity index (χ0) is 34.8. The monoisotopic (exact) mass is 672 g/mol. The number of nitrogens with two attached hydrogens (primary N) is 2. The summed E-state index contributed by atoms with van der Waals surface area (Å²) in [5.74, 6) is -5.32. The first-order chi connectivity index (χ1) is 22.4. The number of carbonyl (C=O) groups excluding carboxylic acids is 5. The molecule has 0 spiro atoms. The molecule has 0 radical (unpaired) electrons. The number of hydrogen-bond acceptors (Lipinski definition) is 9. The number of amides is 5. The van der Waals surface area contributed by atoms with Crippen molar-refractivity contribution in [2.45, 2.75) is 75.5 Å². The zero-order valence-corrected chi connectivity index (χ0v) is 26.9. The van der Waals surface area contributed by atoms with E-state index >= 15 is 0 Å². The number of aliphatic carboxylic acids is 1. The van der Waals surface area contributed by atoms with Crippen LogP contribution in [0.4, 0.5) is 0 Å². The van der Waals surface area contributed by atoms with Crippen molar-refractivity contribution in [2.24, 2.45) is 11.5 Å². The van der Waals surface area contributed by atoms with E-state index in [4.69, 9.17) is 11.5 Å². The van der Waals surface area contributed by atoms with E-state index in [1.807, 2.05) is 30.3 Å². The topological polar surface area (TPSA) is 243 Å². The number of rotatable bonds is 21. The maximum Gasteiger partial charge on any atom is 0.305 e. The van der Waals surface area contributed by atoms with Crippen LogP contribution >= 0.6 is 12.6 Å². The van der Waals surface area contributed by atoms with Crippen molar-refractivity contribution in [2.75, 3.05) is 12.3 Å². The van der Waals surface area contributed by atoms with Crippen molar-refractivity contribution in [1.82, 2.24) is 21.3 Å². The molecule has 256 valence electrons. The zero-order valence-electron chi connectivity index (χ0n) is 26.0. The van der Waals surface area contributed by atoms with Crippen molar-refractivity contribution < 1.29 is 39.0 Å². The lowest BCUT2D eigenvalue weighted by Gasteiger charge is -2.25. The van der Waals surface area contributed by atoms with E-state index in [1.54, 1.807) is 12.1 Å². The predicted molar refractivity (Wildman–Crippen MR) is 177 cm³/mol. The molecule has 10 N–H and O–H groups in total. The SMILES string of the molecule is NCCCCC(=O)N[C@@H](CCc1ccccc1)C(=O)N[C@@H](CC(=O)O)C(=O)N[C@@H](CS)C(=O)N[C@@H](CCc1ccc(O)cc1)C(N)=O. The Morgan fingerprint density at radius 1 is 0.702 bits per heavy atom. The highest BCUT2D eigenvalue weighted by Gasteiger charge is 2.31. The van der Waals surface area contributed by atoms with Gasteiger partial charge in [0, 0.05) is 12.2 Å². The highest BCUT2D eigenvalue weighted by Crippen LogP contribution is 2.12. The number of aryl methyl sites for hydroxylation is 2. The maximum atomic E-state index is 13.4. The van der Waals surface area contributed by atoms with Gasteiger partial charge in [-0.25, -0.2) is 0 Å². The largest absolute Gasteiger partial charge is 0.508 e. The quantitative estimate of drug-likeness (QED) is 0.0635. The van der Waals surface area contributed by atoms with E-state index in [0.29, 0.717) is 32.2 Å². The maximum absolute atomic E-state index is 13.4. The number of carboxylic acid groups (broad SMARTS) is 1. The van der Waals surface area contributed by atoms with Crippen LogP contribution in [0.3, 0.4) is 0 Å². The fourth-order valence-electron chi connectivity index (χ4n) is 4.58. The number of unbranched alkanes of at least 4 members (excludes halogenated alkanes) is 1. The number of thiol groups is 1. The molecule has 0 heterocycles. The van der Waals surface area contributed by atoms with Gasteiger partial charge in [-0.3, -0.25) is 28.8 Å². The van der Waals surface area contributed by atoms with Crippen LogP contribution in [0.25, 0.3) is 0 Å². The minimum atomic E-state index is -1.61. The molecule has 0 saturated heterocycles. The Bertz CT molecular complexity index is 1340. The molecule has 2 aromatic rings. The van der Waals surface area contributed by atoms with E-state index in [-0.39, 0.29) is 30.8 Å². The van der Waals surface area contributed by atoms with Crippen molar-refractivity contribution in [1.29, 1.82) is 0 Å². The molecule has 0 unspecified atom stereocenters. The van der Waals surface area contributed by atoms with Gasteiger partial charge in [0.25, 0.3) is 0 Å². The van der Waals surface area contributed by atoms with E-state index in [1.165, 1.54) is 12.1 Å². The van der Waals surface area contributed by atoms with E-state index < -0.39 is 66.1 Å². The fraction of sp³-hybridized carbons (Fsp3) is 0.438. The molecule has 15 heteroatoms. The Hall–Kier alpha value is -4.63. The van der Waals surface area contributed by atoms with Gasteiger partial charge in [-0.15, -0.1) is 0 Å². The first-order valence-corrected chi connectivity index (χ1v) is 15.9. The summed E-state index contributed by atoms with van der Waals surface area (Å²) in [4.78, 5) is 75.9. The number of nitrogens with one attached hydrogen (secondary N) is 4. The Labute approximate surface area is 278 Å². The normalized spacial score (nSPS) is 13.3. The van der Waals surface area contributed by atoms with Crippen molar-refractivity contribution in [3.05, 3.63) is 65.7 Å². The summed E-state index contributed by atoms with van der Waals surface area (Å²) >= 11 is 4.12. The molecule has 4 atom stereocenters. The molecule has 0 bridgehead atoms. The molecule has 14 nitrogen and oxygen atoms in total. The van der Waals surface area contributed by atoms with Crippen LogP contribution in [0.1, 0.15) is 49.7 Å². The molecule has 0 aromatic heterocycles. The molecule has 5 amide bonds.